The van der Waals surface area contributed by atoms with E-state index in [9.17, 15) is 23.9 Å². The average Bonchev–Trinajstić information content (AvgIpc) is 2.88. The first-order valence-electron chi connectivity index (χ1n) is 9.97. The lowest BCUT2D eigenvalue weighted by Crippen LogP contribution is -2.43. The second-order valence-corrected chi connectivity index (χ2v) is 7.99. The van der Waals surface area contributed by atoms with Gasteiger partial charge in [-0.1, -0.05) is 12.1 Å². The maximum absolute atomic E-state index is 13.1. The first-order valence-corrected chi connectivity index (χ1v) is 9.97. The van der Waals surface area contributed by atoms with Crippen molar-refractivity contribution < 1.29 is 14.3 Å². The molecular formula is C21H27FN4O4. The molecule has 0 spiro atoms. The van der Waals surface area contributed by atoms with Crippen LogP contribution in [0.3, 0.4) is 0 Å². The second-order valence-electron chi connectivity index (χ2n) is 7.99. The van der Waals surface area contributed by atoms with Gasteiger partial charge in [0.1, 0.15) is 12.4 Å². The Morgan fingerprint density at radius 1 is 1.17 bits per heavy atom. The molecular weight excluding hydrogens is 391 g/mol. The number of likely N-dealkylation sites (tertiary alicyclic amines) is 1. The molecule has 1 amide bonds. The molecule has 0 bridgehead atoms. The smallest absolute Gasteiger partial charge is 0.265 e. The van der Waals surface area contributed by atoms with Crippen LogP contribution in [0.15, 0.2) is 46.0 Å². The van der Waals surface area contributed by atoms with Crippen LogP contribution in [-0.2, 0) is 17.9 Å². The highest BCUT2D eigenvalue weighted by molar-refractivity contribution is 5.75. The Hall–Kier alpha value is -2.78. The lowest BCUT2D eigenvalue weighted by atomic mass is 9.94. The molecule has 162 valence electrons. The maximum atomic E-state index is 13.1. The third-order valence-electron chi connectivity index (χ3n) is 5.38. The second kappa shape index (κ2) is 9.36. The third kappa shape index (κ3) is 5.87. The molecule has 2 heterocycles. The molecule has 2 aromatic rings. The van der Waals surface area contributed by atoms with Crippen LogP contribution in [0.1, 0.15) is 24.8 Å². The van der Waals surface area contributed by atoms with E-state index in [1.54, 1.807) is 17.0 Å². The molecule has 3 rings (SSSR count). The SMILES string of the molecule is CN(Cc1ccc(F)cc1)C[C@@]1(O)CCCN(C(=O)Cn2[nH]c(=O)ccc2=O)CC1. The van der Waals surface area contributed by atoms with Crippen molar-refractivity contribution in [2.24, 2.45) is 0 Å². The van der Waals surface area contributed by atoms with Gasteiger partial charge in [0.2, 0.25) is 5.91 Å². The number of benzene rings is 1. The number of nitrogens with zero attached hydrogens (tertiary/aromatic N) is 3. The topological polar surface area (TPSA) is 98.6 Å². The van der Waals surface area contributed by atoms with Crippen LogP contribution in [0.25, 0.3) is 0 Å². The first-order chi connectivity index (χ1) is 14.2. The molecule has 1 fully saturated rings. The number of nitrogens with one attached hydrogen (secondary N) is 1. The van der Waals surface area contributed by atoms with Crippen LogP contribution in [0, 0.1) is 5.82 Å². The number of aliphatic hydroxyl groups is 1. The minimum absolute atomic E-state index is 0.238. The number of aromatic nitrogens is 2. The van der Waals surface area contributed by atoms with Crippen molar-refractivity contribution >= 4 is 5.91 Å². The molecule has 2 N–H and O–H groups in total. The number of H-pyrrole nitrogens is 1. The van der Waals surface area contributed by atoms with Gasteiger partial charge in [-0.25, -0.2) is 9.07 Å². The number of hydrogen-bond donors (Lipinski definition) is 2. The number of rotatable bonds is 6. The lowest BCUT2D eigenvalue weighted by Gasteiger charge is -2.31. The van der Waals surface area contributed by atoms with Crippen molar-refractivity contribution in [2.75, 3.05) is 26.7 Å². The fraction of sp³-hybridized carbons (Fsp3) is 0.476. The zero-order valence-corrected chi connectivity index (χ0v) is 17.0. The highest BCUT2D eigenvalue weighted by Crippen LogP contribution is 2.24. The molecule has 1 atom stereocenters. The van der Waals surface area contributed by atoms with Crippen LogP contribution in [0.2, 0.25) is 0 Å². The average molecular weight is 418 g/mol. The van der Waals surface area contributed by atoms with Gasteiger partial charge in [0.15, 0.2) is 0 Å². The maximum Gasteiger partial charge on any atom is 0.265 e. The predicted octanol–water partition coefficient (Wildman–Crippen LogP) is 0.551. The Bertz CT molecular complexity index is 987. The monoisotopic (exact) mass is 418 g/mol. The number of likely N-dealkylation sites (N-methyl/N-ethyl adjacent to an activating group) is 1. The fourth-order valence-electron chi connectivity index (χ4n) is 3.86. The molecule has 1 saturated heterocycles. The summed E-state index contributed by atoms with van der Waals surface area (Å²) in [5.74, 6) is -0.557. The molecule has 0 radical (unpaired) electrons. The summed E-state index contributed by atoms with van der Waals surface area (Å²) < 4.78 is 14.1. The van der Waals surface area contributed by atoms with Crippen LogP contribution in [-0.4, -0.2) is 62.9 Å². The van der Waals surface area contributed by atoms with Crippen molar-refractivity contribution in [2.45, 2.75) is 38.0 Å². The van der Waals surface area contributed by atoms with Gasteiger partial charge < -0.3 is 10.0 Å². The fourth-order valence-corrected chi connectivity index (χ4v) is 3.86. The summed E-state index contributed by atoms with van der Waals surface area (Å²) in [5.41, 5.74) is -0.884. The first kappa shape index (κ1) is 21.9. The Balaban J connectivity index is 1.56. The number of hydrogen-bond acceptors (Lipinski definition) is 5. The number of amides is 1. The molecule has 1 aliphatic heterocycles. The zero-order valence-electron chi connectivity index (χ0n) is 17.0. The van der Waals surface area contributed by atoms with Crippen molar-refractivity contribution in [1.29, 1.82) is 0 Å². The Morgan fingerprint density at radius 2 is 1.90 bits per heavy atom. The van der Waals surface area contributed by atoms with E-state index in [-0.39, 0.29) is 18.3 Å². The summed E-state index contributed by atoms with van der Waals surface area (Å²) in [6.07, 6.45) is 1.59. The number of carbonyl (C=O) groups is 1. The lowest BCUT2D eigenvalue weighted by molar-refractivity contribution is -0.132. The standard InChI is InChI=1S/C21H27FN4O4/c1-24(13-16-3-5-17(22)6-4-16)15-21(30)9-2-11-25(12-10-21)20(29)14-26-19(28)8-7-18(27)23-26/h3-8,30H,2,9-15H2,1H3,(H,23,27)/t21-/m1/s1. The summed E-state index contributed by atoms with van der Waals surface area (Å²) in [6, 6.07) is 8.52. The van der Waals surface area contributed by atoms with E-state index >= 15 is 0 Å². The minimum atomic E-state index is -0.943. The van der Waals surface area contributed by atoms with E-state index in [1.807, 2.05) is 11.9 Å². The van der Waals surface area contributed by atoms with Crippen molar-refractivity contribution in [1.82, 2.24) is 19.6 Å². The molecule has 1 aliphatic rings. The van der Waals surface area contributed by atoms with E-state index < -0.39 is 16.7 Å². The predicted molar refractivity (Wildman–Crippen MR) is 109 cm³/mol. The van der Waals surface area contributed by atoms with Gasteiger partial charge in [0, 0.05) is 38.3 Å². The van der Waals surface area contributed by atoms with Gasteiger partial charge in [-0.3, -0.25) is 24.4 Å². The molecule has 9 heteroatoms. The molecule has 0 unspecified atom stereocenters. The molecule has 0 saturated carbocycles. The molecule has 30 heavy (non-hydrogen) atoms. The van der Waals surface area contributed by atoms with Crippen LogP contribution < -0.4 is 11.1 Å². The summed E-state index contributed by atoms with van der Waals surface area (Å²) in [6.45, 7) is 1.62. The van der Waals surface area contributed by atoms with E-state index in [0.717, 1.165) is 22.4 Å². The van der Waals surface area contributed by atoms with Crippen LogP contribution in [0.5, 0.6) is 0 Å². The molecule has 8 nitrogen and oxygen atoms in total. The van der Waals surface area contributed by atoms with Gasteiger partial charge in [-0.05, 0) is 44.0 Å². The Morgan fingerprint density at radius 3 is 2.63 bits per heavy atom. The van der Waals surface area contributed by atoms with Gasteiger partial charge in [0.25, 0.3) is 11.1 Å². The molecule has 1 aromatic carbocycles. The summed E-state index contributed by atoms with van der Waals surface area (Å²) in [4.78, 5) is 39.4. The van der Waals surface area contributed by atoms with Crippen molar-refractivity contribution in [3.63, 3.8) is 0 Å². The number of carbonyl (C=O) groups excluding carboxylic acids is 1. The van der Waals surface area contributed by atoms with E-state index in [0.29, 0.717) is 45.4 Å². The summed E-state index contributed by atoms with van der Waals surface area (Å²) >= 11 is 0. The summed E-state index contributed by atoms with van der Waals surface area (Å²) in [7, 11) is 1.90. The molecule has 0 aliphatic carbocycles. The van der Waals surface area contributed by atoms with E-state index in [4.69, 9.17) is 0 Å². The van der Waals surface area contributed by atoms with Crippen molar-refractivity contribution in [3.8, 4) is 0 Å². The van der Waals surface area contributed by atoms with Gasteiger partial charge in [0.05, 0.1) is 5.60 Å². The third-order valence-corrected chi connectivity index (χ3v) is 5.38. The molecule has 1 aromatic heterocycles. The van der Waals surface area contributed by atoms with Crippen LogP contribution >= 0.6 is 0 Å². The van der Waals surface area contributed by atoms with Crippen molar-refractivity contribution in [3.05, 3.63) is 68.5 Å². The van der Waals surface area contributed by atoms with Gasteiger partial charge in [-0.2, -0.15) is 0 Å². The minimum Gasteiger partial charge on any atom is -0.388 e. The normalized spacial score (nSPS) is 19.7. The van der Waals surface area contributed by atoms with E-state index in [2.05, 4.69) is 5.10 Å². The Kier molecular flexibility index (Phi) is 6.84. The summed E-state index contributed by atoms with van der Waals surface area (Å²) in [5, 5.41) is 13.4. The highest BCUT2D eigenvalue weighted by atomic mass is 19.1. The zero-order chi connectivity index (χ0) is 21.7. The van der Waals surface area contributed by atoms with Crippen LogP contribution in [0.4, 0.5) is 4.39 Å². The quantitative estimate of drug-likeness (QED) is 0.714. The Labute approximate surface area is 173 Å². The highest BCUT2D eigenvalue weighted by Gasteiger charge is 2.32. The van der Waals surface area contributed by atoms with Gasteiger partial charge in [-0.15, -0.1) is 0 Å². The number of aromatic amines is 1. The van der Waals surface area contributed by atoms with Gasteiger partial charge >= 0.3 is 0 Å². The van der Waals surface area contributed by atoms with E-state index in [1.165, 1.54) is 12.1 Å². The number of halogens is 1. The largest absolute Gasteiger partial charge is 0.388 e.